The van der Waals surface area contributed by atoms with E-state index in [1.165, 1.54) is 4.90 Å². The van der Waals surface area contributed by atoms with E-state index in [0.29, 0.717) is 43.0 Å². The molecule has 2 aromatic rings. The number of carbonyl (C=O) groups is 3. The fourth-order valence-electron chi connectivity index (χ4n) is 5.94. The highest BCUT2D eigenvalue weighted by Gasteiger charge is 2.42. The molecule has 262 valence electrons. The monoisotopic (exact) mass is 679 g/mol. The Morgan fingerprint density at radius 1 is 1.02 bits per heavy atom. The molecule has 0 amide bonds. The molecule has 4 rings (SSSR count). The van der Waals surface area contributed by atoms with E-state index in [4.69, 9.17) is 19.6 Å². The number of rotatable bonds is 13. The largest absolute Gasteiger partial charge is 0.491 e. The summed E-state index contributed by atoms with van der Waals surface area (Å²) in [5.41, 5.74) is 1.67. The molecule has 1 N–H and O–H groups in total. The van der Waals surface area contributed by atoms with Crippen molar-refractivity contribution in [3.8, 4) is 17.2 Å². The highest BCUT2D eigenvalue weighted by molar-refractivity contribution is 6.04. The van der Waals surface area contributed by atoms with Crippen LogP contribution in [0.3, 0.4) is 0 Å². The Morgan fingerprint density at radius 2 is 1.73 bits per heavy atom. The molecule has 0 bridgehead atoms. The second-order valence-corrected chi connectivity index (χ2v) is 12.6. The molecule has 2 aliphatic heterocycles. The number of halogens is 4. The summed E-state index contributed by atoms with van der Waals surface area (Å²) in [5.74, 6) is -4.19. The molecule has 0 aromatic heterocycles. The summed E-state index contributed by atoms with van der Waals surface area (Å²) >= 11 is 0. The van der Waals surface area contributed by atoms with E-state index in [2.05, 4.69) is 4.74 Å². The lowest BCUT2D eigenvalue weighted by Gasteiger charge is -2.32. The van der Waals surface area contributed by atoms with Crippen molar-refractivity contribution in [1.29, 1.82) is 5.41 Å². The first-order chi connectivity index (χ1) is 22.6. The number of ether oxygens (including phenoxy) is 4. The summed E-state index contributed by atoms with van der Waals surface area (Å²) in [6.45, 7) is 10.4. The number of hydrogen-bond donors (Lipinski definition) is 1. The number of benzene rings is 2. The van der Waals surface area contributed by atoms with Crippen molar-refractivity contribution in [2.45, 2.75) is 84.5 Å². The molecule has 2 aromatic carbocycles. The van der Waals surface area contributed by atoms with Crippen molar-refractivity contribution in [2.24, 2.45) is 0 Å². The van der Waals surface area contributed by atoms with Gasteiger partial charge in [0, 0.05) is 25.1 Å². The van der Waals surface area contributed by atoms with Gasteiger partial charge in [0.05, 0.1) is 43.7 Å². The predicted octanol–water partition coefficient (Wildman–Crippen LogP) is 6.09. The molecule has 10 nitrogen and oxygen atoms in total. The van der Waals surface area contributed by atoms with Gasteiger partial charge >= 0.3 is 18.1 Å². The zero-order valence-electron chi connectivity index (χ0n) is 27.7. The molecule has 1 saturated heterocycles. The molecule has 0 spiro atoms. The molecule has 0 aliphatic carbocycles. The van der Waals surface area contributed by atoms with Crippen LogP contribution in [0.25, 0.3) is 0 Å². The highest BCUT2D eigenvalue weighted by atomic mass is 19.4. The van der Waals surface area contributed by atoms with Gasteiger partial charge in [-0.2, -0.15) is 13.2 Å². The first-order valence-electron chi connectivity index (χ1n) is 15.9. The quantitative estimate of drug-likeness (QED) is 0.116. The van der Waals surface area contributed by atoms with Crippen molar-refractivity contribution in [3.05, 3.63) is 46.8 Å². The lowest BCUT2D eigenvalue weighted by atomic mass is 9.85. The van der Waals surface area contributed by atoms with Gasteiger partial charge in [0.1, 0.15) is 11.6 Å². The number of Topliss-reactive ketones (excluding diaryl/α,β-unsaturated/α-hetero) is 1. The maximum absolute atomic E-state index is 15.6. The Morgan fingerprint density at radius 3 is 2.38 bits per heavy atom. The minimum atomic E-state index is -5.27. The third kappa shape index (κ3) is 8.01. The van der Waals surface area contributed by atoms with Gasteiger partial charge in [-0.25, -0.2) is 9.18 Å². The maximum Gasteiger partial charge on any atom is 0.491 e. The fourth-order valence-corrected chi connectivity index (χ4v) is 5.94. The number of esters is 2. The second-order valence-electron chi connectivity index (χ2n) is 12.6. The predicted molar refractivity (Wildman–Crippen MR) is 168 cm³/mol. The Balaban J connectivity index is 1.51. The van der Waals surface area contributed by atoms with Crippen LogP contribution in [0.15, 0.2) is 24.3 Å². The van der Waals surface area contributed by atoms with E-state index in [1.807, 2.05) is 43.9 Å². The standard InChI is InChI=1S/C34H41F4N3O7/c1-6-45-25-17-20-18-40(31(39)27(20)28(35)30(25)46-7-2)19-24(42)22-13-9-15-41(22)23-12-8-11-21(33(3,4)5)29(23)47-16-10-14-26(43)48-32(44)34(36,37)38/h8,11-12,17,22,39H,6-7,9-10,13-16,18-19H2,1-5H3. The number of nitrogens with zero attached hydrogens (tertiary/aromatic N) is 2. The van der Waals surface area contributed by atoms with Gasteiger partial charge in [-0.15, -0.1) is 0 Å². The molecule has 0 radical (unpaired) electrons. The van der Waals surface area contributed by atoms with Crippen LogP contribution in [0.5, 0.6) is 17.2 Å². The zero-order valence-corrected chi connectivity index (χ0v) is 27.7. The minimum absolute atomic E-state index is 0.0194. The molecule has 0 saturated carbocycles. The molecular weight excluding hydrogens is 638 g/mol. The summed E-state index contributed by atoms with van der Waals surface area (Å²) in [7, 11) is 0. The number of fused-ring (bicyclic) bond motifs is 1. The summed E-state index contributed by atoms with van der Waals surface area (Å²) in [6.07, 6.45) is -4.51. The topological polar surface area (TPSA) is 118 Å². The van der Waals surface area contributed by atoms with Gasteiger partial charge in [0.15, 0.2) is 23.1 Å². The maximum atomic E-state index is 15.6. The number of anilines is 1. The van der Waals surface area contributed by atoms with E-state index in [0.717, 1.165) is 5.56 Å². The van der Waals surface area contributed by atoms with Crippen molar-refractivity contribution in [1.82, 2.24) is 4.90 Å². The molecule has 1 fully saturated rings. The van der Waals surface area contributed by atoms with Gasteiger partial charge in [0.25, 0.3) is 0 Å². The Labute approximate surface area is 276 Å². The molecule has 1 unspecified atom stereocenters. The van der Waals surface area contributed by atoms with Crippen molar-refractivity contribution in [3.63, 3.8) is 0 Å². The number of hydrogen-bond acceptors (Lipinski definition) is 9. The Bertz CT molecular complexity index is 1550. The number of para-hydroxylation sites is 1. The van der Waals surface area contributed by atoms with Crippen LogP contribution < -0.4 is 19.1 Å². The van der Waals surface area contributed by atoms with E-state index >= 15 is 4.39 Å². The summed E-state index contributed by atoms with van der Waals surface area (Å²) < 4.78 is 74.0. The van der Waals surface area contributed by atoms with Crippen LogP contribution in [0.4, 0.5) is 23.2 Å². The van der Waals surface area contributed by atoms with E-state index in [1.54, 1.807) is 19.9 Å². The first-order valence-corrected chi connectivity index (χ1v) is 15.9. The minimum Gasteiger partial charge on any atom is -0.491 e. The molecule has 48 heavy (non-hydrogen) atoms. The van der Waals surface area contributed by atoms with Gasteiger partial charge in [-0.1, -0.05) is 32.9 Å². The first kappa shape index (κ1) is 36.5. The van der Waals surface area contributed by atoms with Gasteiger partial charge < -0.3 is 28.7 Å². The molecule has 2 aliphatic rings. The number of amidine groups is 1. The van der Waals surface area contributed by atoms with Crippen LogP contribution in [0.2, 0.25) is 0 Å². The number of ketones is 1. The highest BCUT2D eigenvalue weighted by Crippen LogP contribution is 2.42. The van der Waals surface area contributed by atoms with Crippen molar-refractivity contribution >= 4 is 29.2 Å². The van der Waals surface area contributed by atoms with E-state index in [9.17, 15) is 27.6 Å². The average Bonchev–Trinajstić information content (AvgIpc) is 3.61. The molecule has 14 heteroatoms. The number of carbonyl (C=O) groups excluding carboxylic acids is 3. The van der Waals surface area contributed by atoms with E-state index < -0.39 is 41.8 Å². The lowest BCUT2D eigenvalue weighted by Crippen LogP contribution is -2.42. The van der Waals surface area contributed by atoms with Crippen LogP contribution in [-0.4, -0.2) is 73.6 Å². The average molecular weight is 680 g/mol. The number of nitrogens with one attached hydrogen (secondary N) is 1. The third-order valence-corrected chi connectivity index (χ3v) is 8.06. The van der Waals surface area contributed by atoms with Gasteiger partial charge in [0.2, 0.25) is 0 Å². The fraction of sp³-hybridized carbons (Fsp3) is 0.529. The summed E-state index contributed by atoms with van der Waals surface area (Å²) in [6, 6.07) is 6.64. The van der Waals surface area contributed by atoms with E-state index in [-0.39, 0.29) is 61.4 Å². The van der Waals surface area contributed by atoms with Crippen LogP contribution in [-0.2, 0) is 31.1 Å². The van der Waals surface area contributed by atoms with Crippen LogP contribution in [0.1, 0.15) is 77.0 Å². The van der Waals surface area contributed by atoms with Gasteiger partial charge in [-0.05, 0) is 56.2 Å². The lowest BCUT2D eigenvalue weighted by molar-refractivity contribution is -0.201. The summed E-state index contributed by atoms with van der Waals surface area (Å²) in [4.78, 5) is 40.1. The van der Waals surface area contributed by atoms with Gasteiger partial charge in [-0.3, -0.25) is 15.0 Å². The third-order valence-electron chi connectivity index (χ3n) is 8.06. The zero-order chi connectivity index (χ0) is 35.4. The van der Waals surface area contributed by atoms with Crippen molar-refractivity contribution in [2.75, 3.05) is 37.8 Å². The van der Waals surface area contributed by atoms with Crippen molar-refractivity contribution < 1.29 is 50.9 Å². The number of alkyl halides is 3. The second kappa shape index (κ2) is 14.8. The smallest absolute Gasteiger partial charge is 0.491 e. The Hall–Kier alpha value is -4.36. The SMILES string of the molecule is CCOc1cc2c(c(F)c1OCC)C(=N)N(CC(=O)C1CCCN1c1cccc(C(C)(C)C)c1OCCCC(=O)OC(=O)C(F)(F)F)C2. The normalized spacial score (nSPS) is 16.2. The van der Waals surface area contributed by atoms with Crippen LogP contribution in [0, 0.1) is 11.2 Å². The summed E-state index contributed by atoms with van der Waals surface area (Å²) in [5, 5.41) is 8.73. The molecule has 2 heterocycles. The Kier molecular flexibility index (Phi) is 11.3. The molecular formula is C34H41F4N3O7. The van der Waals surface area contributed by atoms with Crippen LogP contribution >= 0.6 is 0 Å². The molecule has 1 atom stereocenters.